The Balaban J connectivity index is 1.51. The van der Waals surface area contributed by atoms with Gasteiger partial charge in [0.1, 0.15) is 23.1 Å². The summed E-state index contributed by atoms with van der Waals surface area (Å²) in [6.07, 6.45) is 5.18. The van der Waals surface area contributed by atoms with Gasteiger partial charge in [0.15, 0.2) is 5.82 Å². The minimum absolute atomic E-state index is 0.0310. The summed E-state index contributed by atoms with van der Waals surface area (Å²) < 4.78 is 60.2. The fourth-order valence-electron chi connectivity index (χ4n) is 3.57. The molecule has 3 aromatic heterocycles. The SMILES string of the molecule is O=C(c1c(F)ccc(NSc2cccc(F)c2)c1F)c1c[nH]c2ncc(-c3ccncc3F)cc12. The van der Waals surface area contributed by atoms with Gasteiger partial charge in [0.2, 0.25) is 5.78 Å². The van der Waals surface area contributed by atoms with E-state index in [4.69, 9.17) is 0 Å². The molecule has 0 saturated heterocycles. The van der Waals surface area contributed by atoms with E-state index >= 15 is 4.39 Å². The Bertz CT molecular complexity index is 1590. The molecule has 2 aromatic carbocycles. The van der Waals surface area contributed by atoms with Crippen LogP contribution in [0.4, 0.5) is 23.2 Å². The first kappa shape index (κ1) is 22.6. The quantitative estimate of drug-likeness (QED) is 0.160. The lowest BCUT2D eigenvalue weighted by molar-refractivity contribution is 0.103. The number of carbonyl (C=O) groups is 1. The molecular weight excluding hydrogens is 480 g/mol. The fraction of sp³-hybridized carbons (Fsp3) is 0. The van der Waals surface area contributed by atoms with Crippen LogP contribution in [-0.4, -0.2) is 20.7 Å². The average Bonchev–Trinajstić information content (AvgIpc) is 3.27. The third-order valence-electron chi connectivity index (χ3n) is 5.25. The lowest BCUT2D eigenvalue weighted by atomic mass is 10.00. The molecule has 2 N–H and O–H groups in total. The van der Waals surface area contributed by atoms with Crippen molar-refractivity contribution >= 4 is 34.5 Å². The first-order valence-corrected chi connectivity index (χ1v) is 11.0. The number of ketones is 1. The van der Waals surface area contributed by atoms with Crippen molar-refractivity contribution in [3.05, 3.63) is 108 Å². The normalized spacial score (nSPS) is 11.1. The molecule has 174 valence electrons. The smallest absolute Gasteiger partial charge is 0.201 e. The van der Waals surface area contributed by atoms with E-state index in [1.807, 2.05) is 0 Å². The topological polar surface area (TPSA) is 70.7 Å². The second-order valence-corrected chi connectivity index (χ2v) is 8.33. The molecule has 0 aliphatic rings. The molecule has 10 heteroatoms. The van der Waals surface area contributed by atoms with Gasteiger partial charge in [0.05, 0.1) is 17.4 Å². The van der Waals surface area contributed by atoms with Gasteiger partial charge in [0, 0.05) is 45.6 Å². The van der Waals surface area contributed by atoms with Crippen LogP contribution in [0.5, 0.6) is 0 Å². The summed E-state index contributed by atoms with van der Waals surface area (Å²) in [4.78, 5) is 24.4. The standard InChI is InChI=1S/C25H14F4N4OS/c26-14-2-1-3-15(9-14)35-33-21-5-4-19(27)22(23(21)29)24(34)18-11-32-25-17(18)8-13(10-31-25)16-6-7-30-12-20(16)28/h1-12,33H,(H,31,32). The molecule has 0 radical (unpaired) electrons. The molecule has 5 rings (SSSR count). The minimum atomic E-state index is -1.10. The number of hydrogen-bond acceptors (Lipinski definition) is 5. The highest BCUT2D eigenvalue weighted by Crippen LogP contribution is 2.31. The number of fused-ring (bicyclic) bond motifs is 1. The van der Waals surface area contributed by atoms with E-state index < -0.39 is 34.6 Å². The second kappa shape index (κ2) is 9.22. The maximum atomic E-state index is 15.3. The molecule has 0 aliphatic heterocycles. The van der Waals surface area contributed by atoms with Crippen molar-refractivity contribution in [3.63, 3.8) is 0 Å². The van der Waals surface area contributed by atoms with Crippen molar-refractivity contribution in [1.29, 1.82) is 0 Å². The fourth-order valence-corrected chi connectivity index (χ4v) is 4.27. The Morgan fingerprint density at radius 1 is 0.971 bits per heavy atom. The van der Waals surface area contributed by atoms with Crippen molar-refractivity contribution < 1.29 is 22.4 Å². The van der Waals surface area contributed by atoms with Gasteiger partial charge >= 0.3 is 0 Å². The van der Waals surface area contributed by atoms with Gasteiger partial charge < -0.3 is 9.71 Å². The maximum Gasteiger partial charge on any atom is 0.201 e. The highest BCUT2D eigenvalue weighted by Gasteiger charge is 2.25. The van der Waals surface area contributed by atoms with Gasteiger partial charge in [0.25, 0.3) is 0 Å². The number of rotatable bonds is 6. The molecule has 0 aliphatic carbocycles. The summed E-state index contributed by atoms with van der Waals surface area (Å²) in [6, 6.07) is 10.7. The van der Waals surface area contributed by atoms with E-state index in [0.717, 1.165) is 30.3 Å². The Morgan fingerprint density at radius 3 is 2.63 bits per heavy atom. The van der Waals surface area contributed by atoms with Crippen molar-refractivity contribution in [2.75, 3.05) is 4.72 Å². The third kappa shape index (κ3) is 4.35. The molecule has 0 amide bonds. The Kier molecular flexibility index (Phi) is 5.96. The summed E-state index contributed by atoms with van der Waals surface area (Å²) in [5.74, 6) is -4.11. The zero-order chi connectivity index (χ0) is 24.5. The molecule has 0 fully saturated rings. The predicted molar refractivity (Wildman–Crippen MR) is 125 cm³/mol. The van der Waals surface area contributed by atoms with Gasteiger partial charge in [-0.15, -0.1) is 0 Å². The van der Waals surface area contributed by atoms with Crippen LogP contribution in [0.1, 0.15) is 15.9 Å². The van der Waals surface area contributed by atoms with Crippen molar-refractivity contribution in [2.24, 2.45) is 0 Å². The van der Waals surface area contributed by atoms with Crippen LogP contribution in [-0.2, 0) is 0 Å². The number of benzene rings is 2. The number of aromatic nitrogens is 3. The van der Waals surface area contributed by atoms with Crippen molar-refractivity contribution in [2.45, 2.75) is 4.90 Å². The number of anilines is 1. The zero-order valence-corrected chi connectivity index (χ0v) is 18.5. The van der Waals surface area contributed by atoms with Crippen LogP contribution in [0.15, 0.2) is 78.2 Å². The van der Waals surface area contributed by atoms with Crippen molar-refractivity contribution in [1.82, 2.24) is 15.0 Å². The van der Waals surface area contributed by atoms with Gasteiger partial charge in [-0.3, -0.25) is 9.78 Å². The maximum absolute atomic E-state index is 15.3. The lowest BCUT2D eigenvalue weighted by Gasteiger charge is -2.11. The zero-order valence-electron chi connectivity index (χ0n) is 17.7. The van der Waals surface area contributed by atoms with Gasteiger partial charge in [-0.2, -0.15) is 0 Å². The lowest BCUT2D eigenvalue weighted by Crippen LogP contribution is -2.09. The number of aromatic amines is 1. The molecule has 0 bridgehead atoms. The van der Waals surface area contributed by atoms with Crippen LogP contribution < -0.4 is 4.72 Å². The van der Waals surface area contributed by atoms with E-state index in [-0.39, 0.29) is 22.2 Å². The number of nitrogens with zero attached hydrogens (tertiary/aromatic N) is 2. The number of nitrogens with one attached hydrogen (secondary N) is 2. The number of carbonyl (C=O) groups excluding carboxylic acids is 1. The monoisotopic (exact) mass is 494 g/mol. The van der Waals surface area contributed by atoms with Crippen LogP contribution in [0, 0.1) is 23.3 Å². The highest BCUT2D eigenvalue weighted by atomic mass is 32.2. The van der Waals surface area contributed by atoms with Crippen molar-refractivity contribution in [3.8, 4) is 11.1 Å². The second-order valence-electron chi connectivity index (χ2n) is 7.45. The summed E-state index contributed by atoms with van der Waals surface area (Å²) in [5, 5.41) is 0.273. The Labute approximate surface area is 200 Å². The summed E-state index contributed by atoms with van der Waals surface area (Å²) in [6.45, 7) is 0. The molecule has 5 aromatic rings. The number of pyridine rings is 2. The van der Waals surface area contributed by atoms with E-state index in [1.54, 1.807) is 6.07 Å². The van der Waals surface area contributed by atoms with Gasteiger partial charge in [-0.05, 0) is 54.4 Å². The molecule has 5 nitrogen and oxygen atoms in total. The number of hydrogen-bond donors (Lipinski definition) is 2. The van der Waals surface area contributed by atoms with E-state index in [2.05, 4.69) is 19.7 Å². The molecule has 0 unspecified atom stereocenters. The molecule has 0 atom stereocenters. The molecule has 35 heavy (non-hydrogen) atoms. The average molecular weight is 494 g/mol. The van der Waals surface area contributed by atoms with Gasteiger partial charge in [-0.1, -0.05) is 6.07 Å². The highest BCUT2D eigenvalue weighted by molar-refractivity contribution is 8.00. The largest absolute Gasteiger partial charge is 0.345 e. The summed E-state index contributed by atoms with van der Waals surface area (Å²) in [7, 11) is 0. The van der Waals surface area contributed by atoms with Gasteiger partial charge in [-0.25, -0.2) is 22.5 Å². The van der Waals surface area contributed by atoms with Crippen LogP contribution >= 0.6 is 11.9 Å². The molecular formula is C25H14F4N4OS. The molecule has 0 saturated carbocycles. The van der Waals surface area contributed by atoms with Crippen LogP contribution in [0.25, 0.3) is 22.2 Å². The molecule has 0 spiro atoms. The third-order valence-corrected chi connectivity index (χ3v) is 6.06. The number of halogens is 4. The Hall–Kier alpha value is -4.18. The first-order valence-electron chi connectivity index (χ1n) is 10.2. The molecule has 3 heterocycles. The minimum Gasteiger partial charge on any atom is -0.345 e. The van der Waals surface area contributed by atoms with E-state index in [1.165, 1.54) is 48.9 Å². The predicted octanol–water partition coefficient (Wildman–Crippen LogP) is 6.53. The van der Waals surface area contributed by atoms with E-state index in [9.17, 15) is 18.0 Å². The first-order chi connectivity index (χ1) is 16.9. The summed E-state index contributed by atoms with van der Waals surface area (Å²) >= 11 is 0.909. The van der Waals surface area contributed by atoms with Crippen LogP contribution in [0.3, 0.4) is 0 Å². The number of H-pyrrole nitrogens is 1. The van der Waals surface area contributed by atoms with E-state index in [0.29, 0.717) is 16.1 Å². The summed E-state index contributed by atoms with van der Waals surface area (Å²) in [5.41, 5.74) is -0.0709. The van der Waals surface area contributed by atoms with Crippen LogP contribution in [0.2, 0.25) is 0 Å². The Morgan fingerprint density at radius 2 is 1.83 bits per heavy atom.